The van der Waals surface area contributed by atoms with Crippen molar-refractivity contribution in [2.75, 3.05) is 6.54 Å². The Morgan fingerprint density at radius 2 is 2.05 bits per heavy atom. The van der Waals surface area contributed by atoms with Crippen LogP contribution in [0.3, 0.4) is 0 Å². The maximum absolute atomic E-state index is 11.9. The Balaban J connectivity index is 1.97. The highest BCUT2D eigenvalue weighted by atomic mass is 16.1. The second-order valence-electron chi connectivity index (χ2n) is 5.42. The highest BCUT2D eigenvalue weighted by Gasteiger charge is 2.02. The topological polar surface area (TPSA) is 44.9 Å². The highest BCUT2D eigenvalue weighted by molar-refractivity contribution is 5.78. The number of aromatic nitrogens is 1. The molecule has 0 unspecified atom stereocenters. The van der Waals surface area contributed by atoms with Gasteiger partial charge in [-0.2, -0.15) is 0 Å². The zero-order chi connectivity index (χ0) is 13.7. The number of benzene rings is 1. The van der Waals surface area contributed by atoms with Crippen molar-refractivity contribution in [1.82, 2.24) is 10.3 Å². The molecule has 0 spiro atoms. The fourth-order valence-corrected chi connectivity index (χ4v) is 2.18. The SMILES string of the molecule is CC(C)CCCNCc1cc2ccccc2[nH]c1=O. The number of H-pyrrole nitrogens is 1. The van der Waals surface area contributed by atoms with Crippen molar-refractivity contribution in [3.05, 3.63) is 46.2 Å². The van der Waals surface area contributed by atoms with Crippen LogP contribution in [0.1, 0.15) is 32.3 Å². The van der Waals surface area contributed by atoms with Crippen molar-refractivity contribution in [2.45, 2.75) is 33.2 Å². The Kier molecular flexibility index (Phi) is 4.74. The van der Waals surface area contributed by atoms with Crippen LogP contribution < -0.4 is 10.9 Å². The van der Waals surface area contributed by atoms with Crippen LogP contribution in [0.4, 0.5) is 0 Å². The molecule has 0 amide bonds. The number of aromatic amines is 1. The van der Waals surface area contributed by atoms with Gasteiger partial charge in [0.05, 0.1) is 0 Å². The molecule has 2 N–H and O–H groups in total. The lowest BCUT2D eigenvalue weighted by Gasteiger charge is -2.07. The highest BCUT2D eigenvalue weighted by Crippen LogP contribution is 2.10. The van der Waals surface area contributed by atoms with Crippen molar-refractivity contribution < 1.29 is 0 Å². The molecule has 1 aromatic carbocycles. The lowest BCUT2D eigenvalue weighted by molar-refractivity contribution is 0.527. The van der Waals surface area contributed by atoms with E-state index in [0.717, 1.165) is 35.3 Å². The van der Waals surface area contributed by atoms with Crippen molar-refractivity contribution >= 4 is 10.9 Å². The fraction of sp³-hybridized carbons (Fsp3) is 0.438. The van der Waals surface area contributed by atoms with Gasteiger partial charge in [0.2, 0.25) is 0 Å². The van der Waals surface area contributed by atoms with Gasteiger partial charge in [-0.3, -0.25) is 4.79 Å². The van der Waals surface area contributed by atoms with Gasteiger partial charge in [0.25, 0.3) is 5.56 Å². The molecule has 0 saturated heterocycles. The molecule has 1 heterocycles. The zero-order valence-electron chi connectivity index (χ0n) is 11.7. The van der Waals surface area contributed by atoms with Gasteiger partial charge in [0.15, 0.2) is 0 Å². The summed E-state index contributed by atoms with van der Waals surface area (Å²) in [6.45, 7) is 6.06. The summed E-state index contributed by atoms with van der Waals surface area (Å²) < 4.78 is 0. The Labute approximate surface area is 114 Å². The zero-order valence-corrected chi connectivity index (χ0v) is 11.7. The summed E-state index contributed by atoms with van der Waals surface area (Å²) >= 11 is 0. The third-order valence-electron chi connectivity index (χ3n) is 3.28. The molecule has 102 valence electrons. The molecule has 0 fully saturated rings. The molecular weight excluding hydrogens is 236 g/mol. The second-order valence-corrected chi connectivity index (χ2v) is 5.42. The number of pyridine rings is 1. The summed E-state index contributed by atoms with van der Waals surface area (Å²) in [5.74, 6) is 0.742. The van der Waals surface area contributed by atoms with E-state index in [4.69, 9.17) is 0 Å². The predicted octanol–water partition coefficient (Wildman–Crippen LogP) is 3.05. The largest absolute Gasteiger partial charge is 0.322 e. The Bertz CT molecular complexity index is 587. The average Bonchev–Trinajstić information content (AvgIpc) is 2.38. The van der Waals surface area contributed by atoms with Crippen LogP contribution >= 0.6 is 0 Å². The minimum absolute atomic E-state index is 0.00931. The van der Waals surface area contributed by atoms with Crippen LogP contribution in [0.5, 0.6) is 0 Å². The number of nitrogens with one attached hydrogen (secondary N) is 2. The summed E-state index contributed by atoms with van der Waals surface area (Å²) in [6, 6.07) is 9.84. The summed E-state index contributed by atoms with van der Waals surface area (Å²) in [4.78, 5) is 14.8. The van der Waals surface area contributed by atoms with Crippen LogP contribution in [0.2, 0.25) is 0 Å². The summed E-state index contributed by atoms with van der Waals surface area (Å²) in [7, 11) is 0. The standard InChI is InChI=1S/C16H22N2O/c1-12(2)6-5-9-17-11-14-10-13-7-3-4-8-15(13)18-16(14)19/h3-4,7-8,10,12,17H,5-6,9,11H2,1-2H3,(H,18,19). The molecule has 2 rings (SSSR count). The van der Waals surface area contributed by atoms with E-state index in [1.54, 1.807) is 0 Å². The molecule has 0 aliphatic heterocycles. The quantitative estimate of drug-likeness (QED) is 0.782. The van der Waals surface area contributed by atoms with E-state index in [2.05, 4.69) is 24.1 Å². The Morgan fingerprint density at radius 1 is 1.26 bits per heavy atom. The third-order valence-corrected chi connectivity index (χ3v) is 3.28. The molecule has 19 heavy (non-hydrogen) atoms. The number of rotatable bonds is 6. The molecule has 0 aliphatic carbocycles. The average molecular weight is 258 g/mol. The molecule has 0 radical (unpaired) electrons. The van der Waals surface area contributed by atoms with Gasteiger partial charge in [-0.05, 0) is 42.8 Å². The van der Waals surface area contributed by atoms with Crippen LogP contribution in [0.25, 0.3) is 10.9 Å². The van der Waals surface area contributed by atoms with Crippen molar-refractivity contribution in [2.24, 2.45) is 5.92 Å². The first-order valence-corrected chi connectivity index (χ1v) is 6.98. The van der Waals surface area contributed by atoms with Crippen molar-refractivity contribution in [3.63, 3.8) is 0 Å². The van der Waals surface area contributed by atoms with E-state index in [-0.39, 0.29) is 5.56 Å². The molecule has 2 aromatic rings. The smallest absolute Gasteiger partial charge is 0.252 e. The maximum Gasteiger partial charge on any atom is 0.252 e. The number of hydrogen-bond donors (Lipinski definition) is 2. The van der Waals surface area contributed by atoms with Gasteiger partial charge in [-0.15, -0.1) is 0 Å². The normalized spacial score (nSPS) is 11.3. The first kappa shape index (κ1) is 13.8. The van der Waals surface area contributed by atoms with Crippen LogP contribution in [0, 0.1) is 5.92 Å². The van der Waals surface area contributed by atoms with Gasteiger partial charge in [-0.1, -0.05) is 32.0 Å². The van der Waals surface area contributed by atoms with E-state index >= 15 is 0 Å². The van der Waals surface area contributed by atoms with Crippen LogP contribution in [-0.2, 0) is 6.54 Å². The van der Waals surface area contributed by atoms with E-state index in [9.17, 15) is 4.79 Å². The minimum atomic E-state index is 0.00931. The number of para-hydroxylation sites is 1. The van der Waals surface area contributed by atoms with E-state index < -0.39 is 0 Å². The van der Waals surface area contributed by atoms with Gasteiger partial charge >= 0.3 is 0 Å². The van der Waals surface area contributed by atoms with Gasteiger partial charge < -0.3 is 10.3 Å². The monoisotopic (exact) mass is 258 g/mol. The molecular formula is C16H22N2O. The minimum Gasteiger partial charge on any atom is -0.322 e. The molecule has 0 saturated carbocycles. The predicted molar refractivity (Wildman–Crippen MR) is 80.3 cm³/mol. The summed E-state index contributed by atoms with van der Waals surface area (Å²) in [6.07, 6.45) is 2.38. The lowest BCUT2D eigenvalue weighted by atomic mass is 10.1. The van der Waals surface area contributed by atoms with Gasteiger partial charge in [-0.25, -0.2) is 0 Å². The van der Waals surface area contributed by atoms with Crippen LogP contribution in [0.15, 0.2) is 35.1 Å². The second kappa shape index (κ2) is 6.53. The fourth-order valence-electron chi connectivity index (χ4n) is 2.18. The third kappa shape index (κ3) is 3.93. The first-order chi connectivity index (χ1) is 9.16. The van der Waals surface area contributed by atoms with Gasteiger partial charge in [0.1, 0.15) is 0 Å². The number of hydrogen-bond acceptors (Lipinski definition) is 2. The van der Waals surface area contributed by atoms with Crippen molar-refractivity contribution in [3.8, 4) is 0 Å². The maximum atomic E-state index is 11.9. The van der Waals surface area contributed by atoms with E-state index in [1.807, 2.05) is 30.3 Å². The summed E-state index contributed by atoms with van der Waals surface area (Å²) in [5, 5.41) is 4.43. The molecule has 3 heteroatoms. The Morgan fingerprint density at radius 3 is 2.84 bits per heavy atom. The first-order valence-electron chi connectivity index (χ1n) is 6.98. The van der Waals surface area contributed by atoms with Crippen LogP contribution in [-0.4, -0.2) is 11.5 Å². The molecule has 0 aliphatic rings. The van der Waals surface area contributed by atoms with E-state index in [1.165, 1.54) is 6.42 Å². The molecule has 0 bridgehead atoms. The summed E-state index contributed by atoms with van der Waals surface area (Å²) in [5.41, 5.74) is 1.72. The van der Waals surface area contributed by atoms with Gasteiger partial charge in [0, 0.05) is 17.6 Å². The molecule has 0 atom stereocenters. The molecule has 3 nitrogen and oxygen atoms in total. The van der Waals surface area contributed by atoms with Crippen molar-refractivity contribution in [1.29, 1.82) is 0 Å². The lowest BCUT2D eigenvalue weighted by Crippen LogP contribution is -2.22. The van der Waals surface area contributed by atoms with E-state index in [0.29, 0.717) is 6.54 Å². The number of fused-ring (bicyclic) bond motifs is 1. The molecule has 1 aromatic heterocycles. The Hall–Kier alpha value is -1.61.